The van der Waals surface area contributed by atoms with Crippen molar-refractivity contribution < 1.29 is 28.7 Å². The zero-order valence-corrected chi connectivity index (χ0v) is 31.0. The number of para-hydroxylation sites is 1. The van der Waals surface area contributed by atoms with Crippen molar-refractivity contribution in [1.82, 2.24) is 25.1 Å². The number of anilines is 2. The van der Waals surface area contributed by atoms with Gasteiger partial charge in [-0.15, -0.1) is 0 Å². The van der Waals surface area contributed by atoms with E-state index >= 15 is 0 Å². The van der Waals surface area contributed by atoms with Crippen LogP contribution in [0.5, 0.6) is 0 Å². The van der Waals surface area contributed by atoms with E-state index in [0.29, 0.717) is 26.2 Å². The number of rotatable bonds is 13. The van der Waals surface area contributed by atoms with Crippen molar-refractivity contribution in [2.75, 3.05) is 43.0 Å². The number of benzene rings is 3. The van der Waals surface area contributed by atoms with Crippen LogP contribution in [0.2, 0.25) is 0 Å². The Bertz CT molecular complexity index is 1820. The summed E-state index contributed by atoms with van der Waals surface area (Å²) in [4.78, 5) is 62.4. The lowest BCUT2D eigenvalue weighted by Crippen LogP contribution is -2.59. The third kappa shape index (κ3) is 10.9. The standard InChI is InChI=1S/C40H49N7O6/c1-39(2,3)53-38(51)44-40(4,5)37(50)42-32(27-52-26-29-15-9-6-10-16-29)35(48)43-33-25-47(28-41-33)34(30-17-11-7-12-18-30)36(49)46-23-21-45(22-24-46)31-19-13-8-14-20-31/h6-20,25,28,32,34H,21-24,26-27H2,1-5H3,(H,42,50)(H,43,48)(H,44,51). The average Bonchev–Trinajstić information content (AvgIpc) is 3.59. The molecule has 3 N–H and O–H groups in total. The normalized spacial score (nSPS) is 14.5. The van der Waals surface area contributed by atoms with E-state index in [1.54, 1.807) is 31.5 Å². The molecule has 13 heteroatoms. The fraction of sp³-hybridized carbons (Fsp3) is 0.375. The SMILES string of the molecule is CC(C)(C)OC(=O)NC(C)(C)C(=O)NC(COCc1ccccc1)C(=O)Nc1cn(C(C(=O)N2CCN(c3ccccc3)CC2)c2ccccc2)cn1. The summed E-state index contributed by atoms with van der Waals surface area (Å²) in [5.74, 6) is -1.12. The molecule has 4 aromatic rings. The first-order valence-electron chi connectivity index (χ1n) is 17.7. The van der Waals surface area contributed by atoms with Gasteiger partial charge in [-0.25, -0.2) is 9.78 Å². The van der Waals surface area contributed by atoms with Crippen LogP contribution < -0.4 is 20.9 Å². The number of nitrogens with one attached hydrogen (secondary N) is 3. The van der Waals surface area contributed by atoms with Gasteiger partial charge < -0.3 is 39.8 Å². The van der Waals surface area contributed by atoms with Crippen molar-refractivity contribution in [3.63, 3.8) is 0 Å². The van der Waals surface area contributed by atoms with E-state index in [1.165, 1.54) is 20.2 Å². The molecule has 1 fully saturated rings. The predicted octanol–water partition coefficient (Wildman–Crippen LogP) is 4.76. The molecule has 53 heavy (non-hydrogen) atoms. The minimum Gasteiger partial charge on any atom is -0.444 e. The Hall–Kier alpha value is -5.69. The molecule has 0 radical (unpaired) electrons. The molecular weight excluding hydrogens is 674 g/mol. The van der Waals surface area contributed by atoms with Crippen molar-refractivity contribution in [2.24, 2.45) is 0 Å². The lowest BCUT2D eigenvalue weighted by molar-refractivity contribution is -0.134. The first kappa shape index (κ1) is 38.5. The molecule has 0 saturated carbocycles. The van der Waals surface area contributed by atoms with Crippen LogP contribution in [0.3, 0.4) is 0 Å². The summed E-state index contributed by atoms with van der Waals surface area (Å²) in [6.45, 7) is 10.7. The highest BCUT2D eigenvalue weighted by Crippen LogP contribution is 2.25. The number of hydrogen-bond donors (Lipinski definition) is 3. The summed E-state index contributed by atoms with van der Waals surface area (Å²) in [6.07, 6.45) is 2.34. The maximum atomic E-state index is 14.2. The highest BCUT2D eigenvalue weighted by Gasteiger charge is 2.35. The van der Waals surface area contributed by atoms with Crippen LogP contribution >= 0.6 is 0 Å². The average molecular weight is 724 g/mol. The van der Waals surface area contributed by atoms with Gasteiger partial charge in [0.1, 0.15) is 23.2 Å². The summed E-state index contributed by atoms with van der Waals surface area (Å²) in [6, 6.07) is 27.1. The number of amides is 4. The molecule has 2 heterocycles. The summed E-state index contributed by atoms with van der Waals surface area (Å²) in [5.41, 5.74) is 0.587. The van der Waals surface area contributed by atoms with E-state index in [9.17, 15) is 19.2 Å². The Labute approximate surface area is 310 Å². The molecule has 2 unspecified atom stereocenters. The Morgan fingerprint density at radius 3 is 2.04 bits per heavy atom. The third-order valence-electron chi connectivity index (χ3n) is 8.61. The minimum absolute atomic E-state index is 0.0849. The van der Waals surface area contributed by atoms with E-state index in [4.69, 9.17) is 9.47 Å². The monoisotopic (exact) mass is 723 g/mol. The molecular formula is C40H49N7O6. The van der Waals surface area contributed by atoms with Crippen molar-refractivity contribution in [3.05, 3.63) is 115 Å². The topological polar surface area (TPSA) is 147 Å². The molecule has 4 amide bonds. The van der Waals surface area contributed by atoms with Crippen molar-refractivity contribution in [1.29, 1.82) is 0 Å². The number of ether oxygens (including phenoxy) is 2. The molecule has 280 valence electrons. The Morgan fingerprint density at radius 2 is 1.42 bits per heavy atom. The van der Waals surface area contributed by atoms with Gasteiger partial charge in [0.05, 0.1) is 19.5 Å². The number of carbonyl (C=O) groups is 4. The van der Waals surface area contributed by atoms with Gasteiger partial charge >= 0.3 is 6.09 Å². The first-order chi connectivity index (χ1) is 25.3. The van der Waals surface area contributed by atoms with E-state index in [1.807, 2.05) is 83.8 Å². The van der Waals surface area contributed by atoms with Crippen molar-refractivity contribution >= 4 is 35.3 Å². The van der Waals surface area contributed by atoms with Crippen LogP contribution in [0.25, 0.3) is 0 Å². The number of imidazole rings is 1. The predicted molar refractivity (Wildman–Crippen MR) is 202 cm³/mol. The number of nitrogens with zero attached hydrogens (tertiary/aromatic N) is 4. The smallest absolute Gasteiger partial charge is 0.408 e. The summed E-state index contributed by atoms with van der Waals surface area (Å²) >= 11 is 0. The van der Waals surface area contributed by atoms with Crippen molar-refractivity contribution in [2.45, 2.75) is 64.4 Å². The fourth-order valence-electron chi connectivity index (χ4n) is 5.84. The van der Waals surface area contributed by atoms with E-state index in [-0.39, 0.29) is 24.9 Å². The summed E-state index contributed by atoms with van der Waals surface area (Å²) < 4.78 is 12.9. The fourth-order valence-corrected chi connectivity index (χ4v) is 5.84. The highest BCUT2D eigenvalue weighted by atomic mass is 16.6. The Morgan fingerprint density at radius 1 is 0.811 bits per heavy atom. The van der Waals surface area contributed by atoms with E-state index < -0.39 is 41.1 Å². The van der Waals surface area contributed by atoms with Gasteiger partial charge in [-0.05, 0) is 57.9 Å². The molecule has 1 aliphatic heterocycles. The van der Waals surface area contributed by atoms with Gasteiger partial charge in [0.25, 0.3) is 5.91 Å². The van der Waals surface area contributed by atoms with Crippen LogP contribution in [0.1, 0.15) is 51.8 Å². The second-order valence-electron chi connectivity index (χ2n) is 14.4. The molecule has 1 aromatic heterocycles. The zero-order chi connectivity index (χ0) is 38.0. The molecule has 1 aliphatic rings. The Kier molecular flexibility index (Phi) is 12.5. The molecule has 0 bridgehead atoms. The summed E-state index contributed by atoms with van der Waals surface area (Å²) in [5, 5.41) is 8.07. The second kappa shape index (κ2) is 17.2. The van der Waals surface area contributed by atoms with Gasteiger partial charge in [0.2, 0.25) is 11.8 Å². The molecule has 3 aromatic carbocycles. The summed E-state index contributed by atoms with van der Waals surface area (Å²) in [7, 11) is 0. The van der Waals surface area contributed by atoms with Gasteiger partial charge in [0.15, 0.2) is 5.82 Å². The number of aromatic nitrogens is 2. The van der Waals surface area contributed by atoms with E-state index in [2.05, 4.69) is 38.0 Å². The van der Waals surface area contributed by atoms with Crippen LogP contribution in [0.4, 0.5) is 16.3 Å². The van der Waals surface area contributed by atoms with Crippen molar-refractivity contribution in [3.8, 4) is 0 Å². The van der Waals surface area contributed by atoms with Crippen LogP contribution in [0.15, 0.2) is 104 Å². The van der Waals surface area contributed by atoms with Crippen LogP contribution in [0, 0.1) is 0 Å². The zero-order valence-electron chi connectivity index (χ0n) is 31.0. The minimum atomic E-state index is -1.43. The number of hydrogen-bond acceptors (Lipinski definition) is 8. The number of alkyl carbamates (subject to hydrolysis) is 1. The largest absolute Gasteiger partial charge is 0.444 e. The van der Waals surface area contributed by atoms with Gasteiger partial charge in [-0.2, -0.15) is 0 Å². The molecule has 13 nitrogen and oxygen atoms in total. The molecule has 1 saturated heterocycles. The highest BCUT2D eigenvalue weighted by molar-refractivity contribution is 5.98. The molecule has 0 spiro atoms. The number of carbonyl (C=O) groups excluding carboxylic acids is 4. The number of piperazine rings is 1. The lowest BCUT2D eigenvalue weighted by Gasteiger charge is -2.37. The maximum Gasteiger partial charge on any atom is 0.408 e. The molecule has 2 atom stereocenters. The van der Waals surface area contributed by atoms with Crippen LogP contribution in [-0.4, -0.2) is 88.2 Å². The molecule has 5 rings (SSSR count). The van der Waals surface area contributed by atoms with Gasteiger partial charge in [0, 0.05) is 38.1 Å². The first-order valence-corrected chi connectivity index (χ1v) is 17.7. The van der Waals surface area contributed by atoms with Crippen LogP contribution in [-0.2, 0) is 30.5 Å². The van der Waals surface area contributed by atoms with E-state index in [0.717, 1.165) is 16.8 Å². The molecule has 0 aliphatic carbocycles. The Balaban J connectivity index is 1.30. The third-order valence-corrected chi connectivity index (χ3v) is 8.61. The maximum absolute atomic E-state index is 14.2. The quantitative estimate of drug-likeness (QED) is 0.179. The second-order valence-corrected chi connectivity index (χ2v) is 14.4. The van der Waals surface area contributed by atoms with Gasteiger partial charge in [-0.3, -0.25) is 14.4 Å². The van der Waals surface area contributed by atoms with Gasteiger partial charge in [-0.1, -0.05) is 78.9 Å². The lowest BCUT2D eigenvalue weighted by atomic mass is 10.0.